The molecule has 0 aliphatic heterocycles. The maximum Gasteiger partial charge on any atom is 0.290 e. The maximum atomic E-state index is 12.5. The predicted molar refractivity (Wildman–Crippen MR) is 121 cm³/mol. The fourth-order valence-electron chi connectivity index (χ4n) is 3.04. The predicted octanol–water partition coefficient (Wildman–Crippen LogP) is 1.80. The molecule has 1 heterocycles. The molecule has 0 atom stereocenters. The van der Waals surface area contributed by atoms with Gasteiger partial charge in [0, 0.05) is 16.6 Å². The number of para-hydroxylation sites is 1. The first-order valence-corrected chi connectivity index (χ1v) is 11.1. The number of aromatic nitrogens is 2. The lowest BCUT2D eigenvalue weighted by Gasteiger charge is -2.10. The summed E-state index contributed by atoms with van der Waals surface area (Å²) in [6, 6.07) is 20.0. The van der Waals surface area contributed by atoms with Crippen LogP contribution >= 0.6 is 0 Å². The van der Waals surface area contributed by atoms with Crippen molar-refractivity contribution in [3.05, 3.63) is 100 Å². The summed E-state index contributed by atoms with van der Waals surface area (Å²) in [7, 11) is -3.83. The van der Waals surface area contributed by atoms with Crippen LogP contribution in [0.4, 0.5) is 5.69 Å². The number of rotatable bonds is 5. The van der Waals surface area contributed by atoms with Gasteiger partial charge in [-0.05, 0) is 42.5 Å². The number of fused-ring (bicyclic) bond motifs is 1. The maximum absolute atomic E-state index is 12.5. The average molecular weight is 463 g/mol. The average Bonchev–Trinajstić information content (AvgIpc) is 2.83. The molecule has 0 spiro atoms. The van der Waals surface area contributed by atoms with E-state index in [9.17, 15) is 22.8 Å². The van der Waals surface area contributed by atoms with Crippen molar-refractivity contribution in [1.29, 1.82) is 0 Å². The highest BCUT2D eigenvalue weighted by Crippen LogP contribution is 2.16. The number of hydrogen-bond acceptors (Lipinski definition) is 6. The van der Waals surface area contributed by atoms with Crippen LogP contribution in [0.2, 0.25) is 0 Å². The zero-order chi connectivity index (χ0) is 23.4. The smallest absolute Gasteiger partial charge is 0.280 e. The Morgan fingerprint density at radius 1 is 0.758 bits per heavy atom. The summed E-state index contributed by atoms with van der Waals surface area (Å²) in [5.41, 5.74) is 4.49. The van der Waals surface area contributed by atoms with Crippen LogP contribution in [0.25, 0.3) is 10.8 Å². The zero-order valence-corrected chi connectivity index (χ0v) is 17.7. The van der Waals surface area contributed by atoms with Gasteiger partial charge in [-0.1, -0.05) is 36.4 Å². The molecule has 0 bridgehead atoms. The Labute approximate surface area is 187 Å². The number of amides is 2. The second-order valence-electron chi connectivity index (χ2n) is 6.85. The summed E-state index contributed by atoms with van der Waals surface area (Å²) >= 11 is 0. The van der Waals surface area contributed by atoms with Gasteiger partial charge in [0.25, 0.3) is 27.4 Å². The molecule has 4 aromatic rings. The summed E-state index contributed by atoms with van der Waals surface area (Å²) < 4.78 is 27.4. The van der Waals surface area contributed by atoms with Crippen LogP contribution in [0, 0.1) is 0 Å². The molecule has 0 unspecified atom stereocenters. The fourth-order valence-corrected chi connectivity index (χ4v) is 4.10. The Kier molecular flexibility index (Phi) is 5.87. The quantitative estimate of drug-likeness (QED) is 0.332. The normalized spacial score (nSPS) is 11.0. The van der Waals surface area contributed by atoms with Crippen LogP contribution in [-0.2, 0) is 10.0 Å². The number of hydrogen-bond donors (Lipinski definition) is 4. The molecular formula is C22H17N5O5S. The number of anilines is 1. The standard InChI is InChI=1S/C22H17N5O5S/c28-20(24-26-22(30)19-17-8-4-5-9-18(17)21(29)25-23-19)14-10-12-16(13-11-14)33(31,32)27-15-6-2-1-3-7-15/h1-13,27H,(H,24,28)(H,25,29)(H,26,30). The van der Waals surface area contributed by atoms with Crippen molar-refractivity contribution in [3.63, 3.8) is 0 Å². The van der Waals surface area contributed by atoms with Crippen molar-refractivity contribution in [2.75, 3.05) is 4.72 Å². The van der Waals surface area contributed by atoms with Gasteiger partial charge in [-0.3, -0.25) is 30.0 Å². The number of carbonyl (C=O) groups is 2. The summed E-state index contributed by atoms with van der Waals surface area (Å²) in [4.78, 5) is 36.7. The van der Waals surface area contributed by atoms with E-state index in [0.29, 0.717) is 11.1 Å². The van der Waals surface area contributed by atoms with Gasteiger partial charge in [0.05, 0.1) is 10.3 Å². The molecule has 1 aromatic heterocycles. The van der Waals surface area contributed by atoms with Crippen LogP contribution in [0.5, 0.6) is 0 Å². The number of sulfonamides is 1. The summed E-state index contributed by atoms with van der Waals surface area (Å²) in [5, 5.41) is 6.60. The summed E-state index contributed by atoms with van der Waals surface area (Å²) in [6.07, 6.45) is 0. The molecule has 10 nitrogen and oxygen atoms in total. The van der Waals surface area contributed by atoms with Gasteiger partial charge in [-0.2, -0.15) is 5.10 Å². The van der Waals surface area contributed by atoms with Gasteiger partial charge in [-0.25, -0.2) is 13.5 Å². The molecule has 0 saturated carbocycles. The van der Waals surface area contributed by atoms with Crippen molar-refractivity contribution in [2.24, 2.45) is 0 Å². The first kappa shape index (κ1) is 21.7. The number of benzene rings is 3. The van der Waals surface area contributed by atoms with Gasteiger partial charge in [0.1, 0.15) is 0 Å². The SMILES string of the molecule is O=C(NNC(=O)c1n[nH]c(=O)c2ccccc12)c1ccc(S(=O)(=O)Nc2ccccc2)cc1. The Hall–Kier alpha value is -4.51. The Balaban J connectivity index is 1.44. The van der Waals surface area contributed by atoms with Crippen molar-refractivity contribution in [2.45, 2.75) is 4.90 Å². The van der Waals surface area contributed by atoms with Crippen LogP contribution < -0.4 is 21.1 Å². The topological polar surface area (TPSA) is 150 Å². The van der Waals surface area contributed by atoms with Crippen molar-refractivity contribution < 1.29 is 18.0 Å². The summed E-state index contributed by atoms with van der Waals surface area (Å²) in [5.74, 6) is -1.40. The Morgan fingerprint density at radius 2 is 1.36 bits per heavy atom. The van der Waals surface area contributed by atoms with E-state index in [4.69, 9.17) is 0 Å². The van der Waals surface area contributed by atoms with Crippen LogP contribution in [-0.4, -0.2) is 30.4 Å². The minimum atomic E-state index is -3.83. The minimum Gasteiger partial charge on any atom is -0.280 e. The molecule has 0 aliphatic rings. The third-order valence-electron chi connectivity index (χ3n) is 4.65. The number of H-pyrrole nitrogens is 1. The largest absolute Gasteiger partial charge is 0.290 e. The van der Waals surface area contributed by atoms with Crippen molar-refractivity contribution in [3.8, 4) is 0 Å². The second-order valence-corrected chi connectivity index (χ2v) is 8.53. The number of nitrogens with one attached hydrogen (secondary N) is 4. The highest BCUT2D eigenvalue weighted by molar-refractivity contribution is 7.92. The van der Waals surface area contributed by atoms with E-state index in [-0.39, 0.29) is 21.5 Å². The van der Waals surface area contributed by atoms with Crippen LogP contribution in [0.3, 0.4) is 0 Å². The first-order chi connectivity index (χ1) is 15.8. The molecular weight excluding hydrogens is 446 g/mol. The van der Waals surface area contributed by atoms with Gasteiger partial charge >= 0.3 is 0 Å². The number of nitrogens with zero attached hydrogens (tertiary/aromatic N) is 1. The van der Waals surface area contributed by atoms with E-state index < -0.39 is 27.4 Å². The Morgan fingerprint density at radius 3 is 2.06 bits per heavy atom. The highest BCUT2D eigenvalue weighted by Gasteiger charge is 2.17. The molecule has 0 aliphatic carbocycles. The fraction of sp³-hybridized carbons (Fsp3) is 0. The van der Waals surface area contributed by atoms with E-state index in [0.717, 1.165) is 0 Å². The molecule has 0 fully saturated rings. The molecule has 4 rings (SSSR count). The molecule has 33 heavy (non-hydrogen) atoms. The van der Waals surface area contributed by atoms with Crippen molar-refractivity contribution in [1.82, 2.24) is 21.0 Å². The van der Waals surface area contributed by atoms with E-state index in [2.05, 4.69) is 25.8 Å². The first-order valence-electron chi connectivity index (χ1n) is 9.61. The molecule has 0 radical (unpaired) electrons. The van der Waals surface area contributed by atoms with Gasteiger partial charge in [0.15, 0.2) is 5.69 Å². The lowest BCUT2D eigenvalue weighted by molar-refractivity contribution is 0.0844. The third kappa shape index (κ3) is 4.72. The van der Waals surface area contributed by atoms with Crippen LogP contribution in [0.1, 0.15) is 20.8 Å². The monoisotopic (exact) mass is 463 g/mol. The molecule has 11 heteroatoms. The Bertz CT molecular complexity index is 1500. The molecule has 4 N–H and O–H groups in total. The lowest BCUT2D eigenvalue weighted by Crippen LogP contribution is -2.42. The summed E-state index contributed by atoms with van der Waals surface area (Å²) in [6.45, 7) is 0. The number of carbonyl (C=O) groups excluding carboxylic acids is 2. The van der Waals surface area contributed by atoms with Crippen LogP contribution in [0.15, 0.2) is 88.6 Å². The van der Waals surface area contributed by atoms with E-state index in [1.165, 1.54) is 24.3 Å². The molecule has 0 saturated heterocycles. The van der Waals surface area contributed by atoms with E-state index >= 15 is 0 Å². The zero-order valence-electron chi connectivity index (χ0n) is 16.9. The lowest BCUT2D eigenvalue weighted by atomic mass is 10.1. The molecule has 2 amide bonds. The van der Waals surface area contributed by atoms with E-state index in [1.54, 1.807) is 54.6 Å². The molecule has 3 aromatic carbocycles. The molecule has 166 valence electrons. The third-order valence-corrected chi connectivity index (χ3v) is 6.05. The van der Waals surface area contributed by atoms with E-state index in [1.807, 2.05) is 0 Å². The van der Waals surface area contributed by atoms with Gasteiger partial charge < -0.3 is 0 Å². The number of hydrazine groups is 1. The number of aromatic amines is 1. The van der Waals surface area contributed by atoms with Gasteiger partial charge in [0.2, 0.25) is 0 Å². The van der Waals surface area contributed by atoms with Gasteiger partial charge in [-0.15, -0.1) is 0 Å². The van der Waals surface area contributed by atoms with Crippen molar-refractivity contribution >= 4 is 38.3 Å². The highest BCUT2D eigenvalue weighted by atomic mass is 32.2. The minimum absolute atomic E-state index is 0.0316. The second kappa shape index (κ2) is 8.93.